The van der Waals surface area contributed by atoms with Crippen LogP contribution in [-0.4, -0.2) is 58.6 Å². The van der Waals surface area contributed by atoms with Gasteiger partial charge in [-0.3, -0.25) is 9.89 Å². The number of amides is 1. The van der Waals surface area contributed by atoms with Crippen LogP contribution in [0, 0.1) is 6.92 Å². The Morgan fingerprint density at radius 1 is 1.53 bits per heavy atom. The fourth-order valence-electron chi connectivity index (χ4n) is 2.13. The van der Waals surface area contributed by atoms with Gasteiger partial charge in [-0.05, 0) is 36.8 Å². The second-order valence-corrected chi connectivity index (χ2v) is 5.41. The molecule has 1 N–H and O–H groups in total. The number of halogens is 1. The third kappa shape index (κ3) is 2.37. The first-order chi connectivity index (χ1) is 8.00. The van der Waals surface area contributed by atoms with Crippen LogP contribution >= 0.6 is 15.9 Å². The first-order valence-electron chi connectivity index (χ1n) is 5.70. The molecule has 1 saturated heterocycles. The Kier molecular flexibility index (Phi) is 3.53. The summed E-state index contributed by atoms with van der Waals surface area (Å²) in [5.41, 5.74) is 1.37. The van der Waals surface area contributed by atoms with Crippen LogP contribution in [0.15, 0.2) is 4.47 Å². The molecule has 1 aromatic rings. The summed E-state index contributed by atoms with van der Waals surface area (Å²) >= 11 is 3.40. The van der Waals surface area contributed by atoms with E-state index in [0.29, 0.717) is 5.69 Å². The second kappa shape index (κ2) is 4.78. The van der Waals surface area contributed by atoms with Gasteiger partial charge in [0.1, 0.15) is 0 Å². The number of nitrogens with zero attached hydrogens (tertiary/aromatic N) is 3. The average molecular weight is 301 g/mol. The largest absolute Gasteiger partial charge is 0.332 e. The number of aromatic nitrogens is 2. The van der Waals surface area contributed by atoms with Gasteiger partial charge in [0, 0.05) is 31.4 Å². The van der Waals surface area contributed by atoms with Crippen LogP contribution in [0.25, 0.3) is 0 Å². The third-order valence-corrected chi connectivity index (χ3v) is 4.14. The summed E-state index contributed by atoms with van der Waals surface area (Å²) in [6, 6.07) is 0.227. The predicted molar refractivity (Wildman–Crippen MR) is 69.0 cm³/mol. The Labute approximate surface area is 109 Å². The van der Waals surface area contributed by atoms with Crippen LogP contribution in [-0.2, 0) is 0 Å². The van der Waals surface area contributed by atoms with Crippen LogP contribution in [0.1, 0.15) is 23.1 Å². The van der Waals surface area contributed by atoms with Crippen molar-refractivity contribution in [3.8, 4) is 0 Å². The van der Waals surface area contributed by atoms with Crippen molar-refractivity contribution in [3.05, 3.63) is 15.9 Å². The molecule has 1 fully saturated rings. The zero-order valence-corrected chi connectivity index (χ0v) is 11.9. The highest BCUT2D eigenvalue weighted by atomic mass is 79.9. The standard InChI is InChI=1S/C11H17BrN4O/c1-7-6-15(3)4-5-16(7)11(17)10-9(12)8(2)13-14-10/h7H,4-6H2,1-3H3,(H,13,14). The van der Waals surface area contributed by atoms with Gasteiger partial charge in [0.05, 0.1) is 4.47 Å². The number of aromatic amines is 1. The lowest BCUT2D eigenvalue weighted by Gasteiger charge is -2.37. The van der Waals surface area contributed by atoms with E-state index in [4.69, 9.17) is 0 Å². The zero-order valence-electron chi connectivity index (χ0n) is 10.3. The number of rotatable bonds is 1. The number of piperazine rings is 1. The predicted octanol–water partition coefficient (Wildman–Crippen LogP) is 1.26. The Balaban J connectivity index is 2.18. The van der Waals surface area contributed by atoms with Gasteiger partial charge in [-0.1, -0.05) is 0 Å². The maximum Gasteiger partial charge on any atom is 0.275 e. The van der Waals surface area contributed by atoms with Crippen LogP contribution < -0.4 is 0 Å². The highest BCUT2D eigenvalue weighted by Crippen LogP contribution is 2.21. The molecule has 94 valence electrons. The molecule has 5 nitrogen and oxygen atoms in total. The number of carbonyl (C=O) groups is 1. The monoisotopic (exact) mass is 300 g/mol. The molecule has 1 aliphatic heterocycles. The second-order valence-electron chi connectivity index (χ2n) is 4.62. The number of carbonyl (C=O) groups excluding carboxylic acids is 1. The average Bonchev–Trinajstić information content (AvgIpc) is 2.59. The van der Waals surface area contributed by atoms with E-state index >= 15 is 0 Å². The maximum absolute atomic E-state index is 12.3. The molecule has 2 heterocycles. The maximum atomic E-state index is 12.3. The van der Waals surface area contributed by atoms with Gasteiger partial charge in [0.15, 0.2) is 5.69 Å². The fourth-order valence-corrected chi connectivity index (χ4v) is 2.48. The van der Waals surface area contributed by atoms with Gasteiger partial charge in [-0.15, -0.1) is 0 Å². The molecule has 6 heteroatoms. The van der Waals surface area contributed by atoms with Crippen LogP contribution in [0.3, 0.4) is 0 Å². The van der Waals surface area contributed by atoms with Crippen LogP contribution in [0.4, 0.5) is 0 Å². The van der Waals surface area contributed by atoms with Crippen LogP contribution in [0.5, 0.6) is 0 Å². The Morgan fingerprint density at radius 3 is 2.76 bits per heavy atom. The van der Waals surface area contributed by atoms with Crippen molar-refractivity contribution in [2.45, 2.75) is 19.9 Å². The summed E-state index contributed by atoms with van der Waals surface area (Å²) < 4.78 is 0.772. The fraction of sp³-hybridized carbons (Fsp3) is 0.636. The molecule has 1 atom stereocenters. The molecular formula is C11H17BrN4O. The molecule has 17 heavy (non-hydrogen) atoms. The summed E-state index contributed by atoms with van der Waals surface area (Å²) in [6.45, 7) is 6.54. The molecule has 1 aromatic heterocycles. The van der Waals surface area contributed by atoms with E-state index in [1.165, 1.54) is 0 Å². The van der Waals surface area contributed by atoms with Crippen LogP contribution in [0.2, 0.25) is 0 Å². The van der Waals surface area contributed by atoms with Gasteiger partial charge < -0.3 is 9.80 Å². The number of hydrogen-bond acceptors (Lipinski definition) is 3. The molecule has 0 radical (unpaired) electrons. The molecule has 1 aliphatic rings. The van der Waals surface area contributed by atoms with Gasteiger partial charge >= 0.3 is 0 Å². The molecule has 0 saturated carbocycles. The van der Waals surface area contributed by atoms with E-state index in [-0.39, 0.29) is 11.9 Å². The summed E-state index contributed by atoms with van der Waals surface area (Å²) in [5.74, 6) is 0.00169. The van der Waals surface area contributed by atoms with Crippen molar-refractivity contribution in [3.63, 3.8) is 0 Å². The van der Waals surface area contributed by atoms with Gasteiger partial charge in [0.2, 0.25) is 0 Å². The molecule has 1 unspecified atom stereocenters. The lowest BCUT2D eigenvalue weighted by atomic mass is 10.2. The van der Waals surface area contributed by atoms with Gasteiger partial charge in [-0.25, -0.2) is 0 Å². The van der Waals surface area contributed by atoms with E-state index < -0.39 is 0 Å². The highest BCUT2D eigenvalue weighted by molar-refractivity contribution is 9.10. The van der Waals surface area contributed by atoms with Crippen molar-refractivity contribution in [1.82, 2.24) is 20.0 Å². The zero-order chi connectivity index (χ0) is 12.6. The summed E-state index contributed by atoms with van der Waals surface area (Å²) in [6.07, 6.45) is 0. The molecule has 2 rings (SSSR count). The van der Waals surface area contributed by atoms with Crippen molar-refractivity contribution in [2.75, 3.05) is 26.7 Å². The number of aryl methyl sites for hydroxylation is 1. The van der Waals surface area contributed by atoms with E-state index in [1.807, 2.05) is 11.8 Å². The third-order valence-electron chi connectivity index (χ3n) is 3.17. The normalized spacial score (nSPS) is 21.9. The molecule has 0 spiro atoms. The topological polar surface area (TPSA) is 52.2 Å². The number of H-pyrrole nitrogens is 1. The van der Waals surface area contributed by atoms with E-state index in [2.05, 4.69) is 45.0 Å². The van der Waals surface area contributed by atoms with E-state index in [9.17, 15) is 4.79 Å². The lowest BCUT2D eigenvalue weighted by Crippen LogP contribution is -2.52. The molecule has 0 aliphatic carbocycles. The Morgan fingerprint density at radius 2 is 2.24 bits per heavy atom. The Bertz CT molecular complexity index is 431. The SMILES string of the molecule is Cc1[nH]nc(C(=O)N2CCN(C)CC2C)c1Br. The minimum absolute atomic E-state index is 0.00169. The van der Waals surface area contributed by atoms with Crippen molar-refractivity contribution in [1.29, 1.82) is 0 Å². The van der Waals surface area contributed by atoms with Crippen molar-refractivity contribution in [2.24, 2.45) is 0 Å². The number of likely N-dealkylation sites (N-methyl/N-ethyl adjacent to an activating group) is 1. The summed E-state index contributed by atoms with van der Waals surface area (Å²) in [7, 11) is 2.08. The highest BCUT2D eigenvalue weighted by Gasteiger charge is 2.29. The minimum atomic E-state index is 0.00169. The number of nitrogens with one attached hydrogen (secondary N) is 1. The lowest BCUT2D eigenvalue weighted by molar-refractivity contribution is 0.0527. The molecule has 1 amide bonds. The van der Waals surface area contributed by atoms with Gasteiger partial charge in [-0.2, -0.15) is 5.10 Å². The summed E-state index contributed by atoms with van der Waals surface area (Å²) in [5, 5.41) is 6.89. The summed E-state index contributed by atoms with van der Waals surface area (Å²) in [4.78, 5) is 16.5. The number of hydrogen-bond donors (Lipinski definition) is 1. The smallest absolute Gasteiger partial charge is 0.275 e. The van der Waals surface area contributed by atoms with Crippen molar-refractivity contribution < 1.29 is 4.79 Å². The van der Waals surface area contributed by atoms with E-state index in [1.54, 1.807) is 0 Å². The molecule has 0 aromatic carbocycles. The van der Waals surface area contributed by atoms with E-state index in [0.717, 1.165) is 29.8 Å². The first kappa shape index (κ1) is 12.6. The molecular weight excluding hydrogens is 284 g/mol. The Hall–Kier alpha value is -0.880. The quantitative estimate of drug-likeness (QED) is 0.849. The molecule has 0 bridgehead atoms. The van der Waals surface area contributed by atoms with Gasteiger partial charge in [0.25, 0.3) is 5.91 Å². The minimum Gasteiger partial charge on any atom is -0.332 e. The van der Waals surface area contributed by atoms with Crippen molar-refractivity contribution >= 4 is 21.8 Å². The first-order valence-corrected chi connectivity index (χ1v) is 6.50.